The summed E-state index contributed by atoms with van der Waals surface area (Å²) in [5.74, 6) is 0. The second kappa shape index (κ2) is 16.5. The third-order valence-electron chi connectivity index (χ3n) is 20.0. The molecule has 2 nitrogen and oxygen atoms in total. The van der Waals surface area contributed by atoms with Crippen LogP contribution in [0, 0.1) is 0 Å². The number of nitrogens with zero attached hydrogens (tertiary/aromatic N) is 2. The Bertz CT molecular complexity index is 3730. The monoisotopic (exact) mass is 1010 g/mol. The average molecular weight is 1010 g/mol. The normalized spacial score (nSPS) is 19.8. The van der Waals surface area contributed by atoms with Crippen molar-refractivity contribution in [2.24, 2.45) is 0 Å². The van der Waals surface area contributed by atoms with Crippen molar-refractivity contribution < 1.29 is 0 Å². The zero-order valence-electron chi connectivity index (χ0n) is 48.8. The van der Waals surface area contributed by atoms with E-state index in [1.54, 1.807) is 0 Å². The largest absolute Gasteiger partial charge is 0.311 e. The third kappa shape index (κ3) is 7.48. The molecule has 0 aromatic heterocycles. The van der Waals surface area contributed by atoms with Gasteiger partial charge in [-0.15, -0.1) is 0 Å². The van der Waals surface area contributed by atoms with Crippen molar-refractivity contribution >= 4 is 57.2 Å². The predicted octanol–water partition coefficient (Wildman–Crippen LogP) is 18.1. The zero-order chi connectivity index (χ0) is 54.1. The molecule has 388 valence electrons. The van der Waals surface area contributed by atoms with Crippen molar-refractivity contribution in [1.29, 1.82) is 0 Å². The lowest BCUT2D eigenvalue weighted by atomic mass is 9.33. The minimum atomic E-state index is -0.445. The Morgan fingerprint density at radius 2 is 0.844 bits per heavy atom. The van der Waals surface area contributed by atoms with Gasteiger partial charge in [0.15, 0.2) is 0 Å². The first-order valence-electron chi connectivity index (χ1n) is 29.0. The van der Waals surface area contributed by atoms with E-state index in [1.165, 1.54) is 136 Å². The zero-order valence-corrected chi connectivity index (χ0v) is 48.8. The highest BCUT2D eigenvalue weighted by molar-refractivity contribution is 7.00. The Morgan fingerprint density at radius 1 is 0.377 bits per heavy atom. The number of rotatable bonds is 3. The van der Waals surface area contributed by atoms with Gasteiger partial charge in [0.05, 0.1) is 5.69 Å². The van der Waals surface area contributed by atoms with E-state index < -0.39 is 5.41 Å². The van der Waals surface area contributed by atoms with Gasteiger partial charge >= 0.3 is 0 Å². The molecule has 0 amide bonds. The molecule has 0 saturated carbocycles. The van der Waals surface area contributed by atoms with Gasteiger partial charge in [-0.2, -0.15) is 0 Å². The lowest BCUT2D eigenvalue weighted by Gasteiger charge is -2.49. The van der Waals surface area contributed by atoms with Gasteiger partial charge < -0.3 is 9.80 Å². The van der Waals surface area contributed by atoms with Crippen LogP contribution in [0.5, 0.6) is 0 Å². The molecule has 0 N–H and O–H groups in total. The van der Waals surface area contributed by atoms with E-state index in [0.29, 0.717) is 0 Å². The number of anilines is 6. The van der Waals surface area contributed by atoms with Crippen molar-refractivity contribution in [3.8, 4) is 22.3 Å². The predicted molar refractivity (Wildman–Crippen MR) is 331 cm³/mol. The van der Waals surface area contributed by atoms with Gasteiger partial charge in [0.1, 0.15) is 0 Å². The van der Waals surface area contributed by atoms with E-state index in [9.17, 15) is 0 Å². The molecule has 6 aliphatic rings. The maximum absolute atomic E-state index is 2.77. The summed E-state index contributed by atoms with van der Waals surface area (Å²) in [6.45, 7) is 36.7. The molecule has 77 heavy (non-hydrogen) atoms. The summed E-state index contributed by atoms with van der Waals surface area (Å²) in [7, 11) is 0. The summed E-state index contributed by atoms with van der Waals surface area (Å²) in [6, 6.07) is 63.2. The second-order valence-corrected chi connectivity index (χ2v) is 28.9. The van der Waals surface area contributed by atoms with Crippen molar-refractivity contribution in [2.45, 2.75) is 167 Å². The highest BCUT2D eigenvalue weighted by Crippen LogP contribution is 2.56. The maximum Gasteiger partial charge on any atom is 0.252 e. The van der Waals surface area contributed by atoms with Crippen molar-refractivity contribution in [1.82, 2.24) is 0 Å². The quantitative estimate of drug-likeness (QED) is 0.163. The molecule has 0 fully saturated rings. The third-order valence-corrected chi connectivity index (χ3v) is 20.0. The smallest absolute Gasteiger partial charge is 0.252 e. The van der Waals surface area contributed by atoms with Crippen LogP contribution in [0.1, 0.15) is 180 Å². The molecule has 1 atom stereocenters. The molecule has 3 heteroatoms. The summed E-state index contributed by atoms with van der Waals surface area (Å²) in [5.41, 5.74) is 28.7. The first-order valence-corrected chi connectivity index (χ1v) is 29.0. The molecular formula is C74H79BN2. The Morgan fingerprint density at radius 3 is 1.43 bits per heavy atom. The summed E-state index contributed by atoms with van der Waals surface area (Å²) in [4.78, 5) is 5.51. The summed E-state index contributed by atoms with van der Waals surface area (Å²) >= 11 is 0. The maximum atomic E-state index is 2.77. The average Bonchev–Trinajstić information content (AvgIpc) is 3.57. The Kier molecular flexibility index (Phi) is 10.7. The number of fused-ring (bicyclic) bond motifs is 7. The van der Waals surface area contributed by atoms with Gasteiger partial charge in [-0.05, 0) is 191 Å². The summed E-state index contributed by atoms with van der Waals surface area (Å²) in [6.07, 6.45) is 4.68. The van der Waals surface area contributed by atoms with E-state index in [0.717, 1.165) is 12.8 Å². The minimum Gasteiger partial charge on any atom is -0.311 e. The van der Waals surface area contributed by atoms with Gasteiger partial charge in [-0.25, -0.2) is 0 Å². The highest BCUT2D eigenvalue weighted by atomic mass is 15.2. The fraction of sp³-hybridized carbons (Fsp3) is 0.351. The molecule has 8 aromatic rings. The van der Waals surface area contributed by atoms with Crippen molar-refractivity contribution in [3.63, 3.8) is 0 Å². The molecule has 4 heterocycles. The van der Waals surface area contributed by atoms with Gasteiger partial charge in [0.25, 0.3) is 6.71 Å². The van der Waals surface area contributed by atoms with Gasteiger partial charge in [0.2, 0.25) is 0 Å². The van der Waals surface area contributed by atoms with E-state index in [2.05, 4.69) is 271 Å². The lowest BCUT2D eigenvalue weighted by Crippen LogP contribution is -2.62. The lowest BCUT2D eigenvalue weighted by molar-refractivity contribution is 0.332. The number of hydrogen-bond donors (Lipinski definition) is 0. The Balaban J connectivity index is 1.22. The van der Waals surface area contributed by atoms with Crippen LogP contribution >= 0.6 is 0 Å². The van der Waals surface area contributed by atoms with Crippen LogP contribution in [-0.2, 0) is 37.9 Å². The second-order valence-electron chi connectivity index (χ2n) is 28.9. The molecule has 1 unspecified atom stereocenters. The van der Waals surface area contributed by atoms with E-state index in [4.69, 9.17) is 0 Å². The van der Waals surface area contributed by atoms with Crippen LogP contribution in [0.2, 0.25) is 0 Å². The van der Waals surface area contributed by atoms with Crippen LogP contribution < -0.4 is 26.2 Å². The number of hydrogen-bond acceptors (Lipinski definition) is 2. The van der Waals surface area contributed by atoms with Crippen LogP contribution in [0.25, 0.3) is 22.3 Å². The minimum absolute atomic E-state index is 0.0213. The van der Waals surface area contributed by atoms with Gasteiger partial charge in [0, 0.05) is 45.0 Å². The molecule has 2 aliphatic carbocycles. The molecule has 0 radical (unpaired) electrons. The molecule has 0 spiro atoms. The van der Waals surface area contributed by atoms with E-state index >= 15 is 0 Å². The van der Waals surface area contributed by atoms with Crippen LogP contribution in [0.4, 0.5) is 34.1 Å². The molecule has 4 aliphatic heterocycles. The topological polar surface area (TPSA) is 6.48 Å². The Hall–Kier alpha value is -6.58. The number of benzene rings is 8. The summed E-state index contributed by atoms with van der Waals surface area (Å²) in [5, 5.41) is 0. The highest BCUT2D eigenvalue weighted by Gasteiger charge is 2.49. The van der Waals surface area contributed by atoms with Crippen LogP contribution in [0.3, 0.4) is 0 Å². The summed E-state index contributed by atoms with van der Waals surface area (Å²) < 4.78 is 0. The molecule has 0 saturated heterocycles. The molecule has 14 rings (SSSR count). The van der Waals surface area contributed by atoms with Crippen molar-refractivity contribution in [3.05, 3.63) is 208 Å². The first-order chi connectivity index (χ1) is 36.3. The molecule has 8 aromatic carbocycles. The van der Waals surface area contributed by atoms with Crippen LogP contribution in [0.15, 0.2) is 158 Å². The van der Waals surface area contributed by atoms with E-state index in [-0.39, 0.29) is 39.2 Å². The van der Waals surface area contributed by atoms with Crippen molar-refractivity contribution in [2.75, 3.05) is 9.80 Å². The van der Waals surface area contributed by atoms with Crippen LogP contribution in [-0.4, -0.2) is 6.71 Å². The first kappa shape index (κ1) is 50.0. The fourth-order valence-electron chi connectivity index (χ4n) is 14.7. The molecular weight excluding hydrogens is 928 g/mol. The van der Waals surface area contributed by atoms with Gasteiger partial charge in [-0.3, -0.25) is 0 Å². The fourth-order valence-corrected chi connectivity index (χ4v) is 14.7. The van der Waals surface area contributed by atoms with E-state index in [1.807, 2.05) is 0 Å². The SMILES string of the molecule is CC(C)(C)c1cc(-c2ccccc2)c2c(c1)-c1ccc(cc1)C(C)(c1ccccc1)c1ccc3c(c1)N2c1cc(C(C)(C)C)cc2c1B3c1cc3c(cc1N2c1ccc2c(c1)C(C)(C)CCC2(C)C)C(C)(C)CCC3(C)C. The molecule has 4 bridgehead atoms. The standard InChI is InChI=1S/C74H79BN2/c1-68(2,3)51-38-54(46-22-18-16-19-23-46)67-55(39-51)47-26-28-49(29-27-47)74(15,48-24-20-17-21-25-48)50-30-33-60-62(40-50)77(67)65-42-52(69(4,5)6)41-64-66(65)75(60)61-44-58-59(73(13,14)37-36-72(58,11)12)45-63(61)76(64)53-31-32-56-57(43-53)71(9,10)35-34-70(56,7)8/h16-33,38-45H,34-37H2,1-15H3. The Labute approximate surface area is 462 Å². The van der Waals surface area contributed by atoms with Gasteiger partial charge in [-0.1, -0.05) is 206 Å².